The summed E-state index contributed by atoms with van der Waals surface area (Å²) < 4.78 is 4.98. The van der Waals surface area contributed by atoms with Crippen LogP contribution in [0.5, 0.6) is 0 Å². The summed E-state index contributed by atoms with van der Waals surface area (Å²) in [5, 5.41) is 6.12. The number of hydrogen-bond donors (Lipinski definition) is 2. The molecule has 1 aliphatic heterocycles. The summed E-state index contributed by atoms with van der Waals surface area (Å²) in [6.45, 7) is 5.40. The minimum absolute atomic E-state index is 0.0182. The highest BCUT2D eigenvalue weighted by molar-refractivity contribution is 5.78. The van der Waals surface area contributed by atoms with Gasteiger partial charge in [0, 0.05) is 32.2 Å². The Hall–Kier alpha value is -1.34. The van der Waals surface area contributed by atoms with Gasteiger partial charge in [-0.05, 0) is 33.9 Å². The van der Waals surface area contributed by atoms with Crippen molar-refractivity contribution in [2.75, 3.05) is 53.4 Å². The fourth-order valence-corrected chi connectivity index (χ4v) is 2.20. The van der Waals surface area contributed by atoms with E-state index in [0.29, 0.717) is 32.8 Å². The van der Waals surface area contributed by atoms with E-state index in [0.717, 1.165) is 19.4 Å². The molecule has 1 heterocycles. The highest BCUT2D eigenvalue weighted by Crippen LogP contribution is 2.11. The molecule has 0 aromatic heterocycles. The van der Waals surface area contributed by atoms with Crippen LogP contribution in [-0.4, -0.2) is 81.3 Å². The first-order valence-corrected chi connectivity index (χ1v) is 7.59. The molecule has 21 heavy (non-hydrogen) atoms. The molecule has 0 aromatic carbocycles. The van der Waals surface area contributed by atoms with E-state index < -0.39 is 0 Å². The number of nitrogens with zero attached hydrogens (tertiary/aromatic N) is 2. The molecule has 1 aliphatic rings. The Labute approximate surface area is 127 Å². The third-order valence-electron chi connectivity index (χ3n) is 3.45. The quantitative estimate of drug-likeness (QED) is 0.685. The number of nitrogens with one attached hydrogen (secondary N) is 2. The van der Waals surface area contributed by atoms with E-state index in [-0.39, 0.29) is 18.0 Å². The molecule has 7 nitrogen and oxygen atoms in total. The molecule has 0 bridgehead atoms. The Morgan fingerprint density at radius 3 is 2.52 bits per heavy atom. The zero-order chi connectivity index (χ0) is 15.7. The van der Waals surface area contributed by atoms with Crippen LogP contribution in [0.15, 0.2) is 0 Å². The highest BCUT2D eigenvalue weighted by atomic mass is 16.6. The van der Waals surface area contributed by atoms with Crippen LogP contribution in [0.1, 0.15) is 19.8 Å². The second-order valence-electron chi connectivity index (χ2n) is 5.49. The molecule has 0 aliphatic carbocycles. The fraction of sp³-hybridized carbons (Fsp3) is 0.857. The van der Waals surface area contributed by atoms with Gasteiger partial charge in [-0.15, -0.1) is 0 Å². The van der Waals surface area contributed by atoms with Gasteiger partial charge >= 0.3 is 6.09 Å². The molecule has 0 unspecified atom stereocenters. The number of ether oxygens (including phenoxy) is 1. The van der Waals surface area contributed by atoms with Crippen LogP contribution < -0.4 is 10.6 Å². The van der Waals surface area contributed by atoms with Crippen LogP contribution in [0, 0.1) is 0 Å². The van der Waals surface area contributed by atoms with Gasteiger partial charge in [0.2, 0.25) is 5.91 Å². The molecule has 2 amide bonds. The van der Waals surface area contributed by atoms with Crippen molar-refractivity contribution in [3.05, 3.63) is 0 Å². The smallest absolute Gasteiger partial charge is 0.409 e. The van der Waals surface area contributed by atoms with E-state index in [9.17, 15) is 9.59 Å². The lowest BCUT2D eigenvalue weighted by molar-refractivity contribution is -0.120. The number of carbonyl (C=O) groups excluding carboxylic acids is 2. The average Bonchev–Trinajstić information content (AvgIpc) is 2.45. The second-order valence-corrected chi connectivity index (χ2v) is 5.49. The maximum atomic E-state index is 11.6. The molecule has 0 aromatic rings. The van der Waals surface area contributed by atoms with Gasteiger partial charge in [-0.2, -0.15) is 0 Å². The van der Waals surface area contributed by atoms with Crippen molar-refractivity contribution in [2.24, 2.45) is 0 Å². The summed E-state index contributed by atoms with van der Waals surface area (Å²) in [6, 6.07) is 0.287. The van der Waals surface area contributed by atoms with Crippen LogP contribution >= 0.6 is 0 Å². The Morgan fingerprint density at radius 2 is 1.95 bits per heavy atom. The summed E-state index contributed by atoms with van der Waals surface area (Å²) in [5.74, 6) is 0.0182. The molecule has 1 saturated heterocycles. The molecular weight excluding hydrogens is 272 g/mol. The van der Waals surface area contributed by atoms with Crippen molar-refractivity contribution in [3.63, 3.8) is 0 Å². The van der Waals surface area contributed by atoms with Crippen LogP contribution in [-0.2, 0) is 9.53 Å². The van der Waals surface area contributed by atoms with E-state index in [1.54, 1.807) is 11.8 Å². The number of piperidine rings is 1. The van der Waals surface area contributed by atoms with Gasteiger partial charge in [0.1, 0.15) is 0 Å². The Bertz CT molecular complexity index is 328. The molecule has 1 fully saturated rings. The molecular formula is C14H28N4O3. The number of hydrogen-bond acceptors (Lipinski definition) is 5. The lowest BCUT2D eigenvalue weighted by Gasteiger charge is -2.31. The lowest BCUT2D eigenvalue weighted by Crippen LogP contribution is -2.47. The molecule has 2 N–H and O–H groups in total. The topological polar surface area (TPSA) is 73.9 Å². The summed E-state index contributed by atoms with van der Waals surface area (Å²) >= 11 is 0. The van der Waals surface area contributed by atoms with Crippen LogP contribution in [0.4, 0.5) is 4.79 Å². The first-order valence-electron chi connectivity index (χ1n) is 7.59. The second kappa shape index (κ2) is 9.57. The lowest BCUT2D eigenvalue weighted by atomic mass is 10.1. The van der Waals surface area contributed by atoms with Crippen LogP contribution in [0.25, 0.3) is 0 Å². The number of likely N-dealkylation sites (N-methyl/N-ethyl adjacent to an activating group) is 1. The predicted octanol–water partition coefficient (Wildman–Crippen LogP) is -0.125. The zero-order valence-corrected chi connectivity index (χ0v) is 13.4. The maximum Gasteiger partial charge on any atom is 0.409 e. The Morgan fingerprint density at radius 1 is 1.29 bits per heavy atom. The Kier molecular flexibility index (Phi) is 8.07. The van der Waals surface area contributed by atoms with Gasteiger partial charge in [0.05, 0.1) is 13.2 Å². The average molecular weight is 300 g/mol. The summed E-state index contributed by atoms with van der Waals surface area (Å²) in [4.78, 5) is 27.0. The Balaban J connectivity index is 2.12. The predicted molar refractivity (Wildman–Crippen MR) is 81.2 cm³/mol. The third kappa shape index (κ3) is 7.29. The number of likely N-dealkylation sites (tertiary alicyclic amines) is 1. The largest absolute Gasteiger partial charge is 0.450 e. The standard InChI is InChI=1S/C14H28N4O3/c1-4-21-14(20)18-8-5-12(6-9-18)16-11-13(19)15-7-10-17(2)3/h12,16H,4-11H2,1-3H3,(H,15,19). The van der Waals surface area contributed by atoms with Gasteiger partial charge < -0.3 is 25.2 Å². The third-order valence-corrected chi connectivity index (χ3v) is 3.45. The van der Waals surface area contributed by atoms with Crippen molar-refractivity contribution in [1.29, 1.82) is 0 Å². The highest BCUT2D eigenvalue weighted by Gasteiger charge is 2.23. The van der Waals surface area contributed by atoms with Gasteiger partial charge in [-0.25, -0.2) is 4.79 Å². The molecule has 0 radical (unpaired) electrons. The SMILES string of the molecule is CCOC(=O)N1CCC(NCC(=O)NCCN(C)C)CC1. The first kappa shape index (κ1) is 17.7. The number of amides is 2. The van der Waals surface area contributed by atoms with Gasteiger partial charge in [0.15, 0.2) is 0 Å². The monoisotopic (exact) mass is 300 g/mol. The van der Waals surface area contributed by atoms with E-state index in [1.807, 2.05) is 19.0 Å². The van der Waals surface area contributed by atoms with E-state index in [1.165, 1.54) is 0 Å². The molecule has 1 rings (SSSR count). The van der Waals surface area contributed by atoms with Gasteiger partial charge in [0.25, 0.3) is 0 Å². The summed E-state index contributed by atoms with van der Waals surface area (Å²) in [6.07, 6.45) is 1.46. The van der Waals surface area contributed by atoms with Crippen molar-refractivity contribution in [2.45, 2.75) is 25.8 Å². The minimum Gasteiger partial charge on any atom is -0.450 e. The summed E-state index contributed by atoms with van der Waals surface area (Å²) in [7, 11) is 3.95. The van der Waals surface area contributed by atoms with Crippen LogP contribution in [0.2, 0.25) is 0 Å². The molecule has 0 atom stereocenters. The van der Waals surface area contributed by atoms with Crippen molar-refractivity contribution in [3.8, 4) is 0 Å². The van der Waals surface area contributed by atoms with E-state index in [4.69, 9.17) is 4.74 Å². The van der Waals surface area contributed by atoms with Crippen LogP contribution in [0.3, 0.4) is 0 Å². The maximum absolute atomic E-state index is 11.6. The van der Waals surface area contributed by atoms with E-state index in [2.05, 4.69) is 10.6 Å². The zero-order valence-electron chi connectivity index (χ0n) is 13.4. The van der Waals surface area contributed by atoms with Gasteiger partial charge in [-0.1, -0.05) is 0 Å². The number of rotatable bonds is 7. The molecule has 0 spiro atoms. The minimum atomic E-state index is -0.239. The fourth-order valence-electron chi connectivity index (χ4n) is 2.20. The van der Waals surface area contributed by atoms with Gasteiger partial charge in [-0.3, -0.25) is 4.79 Å². The summed E-state index contributed by atoms with van der Waals surface area (Å²) in [5.41, 5.74) is 0. The first-order chi connectivity index (χ1) is 10.0. The molecule has 0 saturated carbocycles. The molecule has 122 valence electrons. The van der Waals surface area contributed by atoms with Crippen molar-refractivity contribution >= 4 is 12.0 Å². The number of carbonyl (C=O) groups is 2. The van der Waals surface area contributed by atoms with Crippen molar-refractivity contribution in [1.82, 2.24) is 20.4 Å². The van der Waals surface area contributed by atoms with E-state index >= 15 is 0 Å². The van der Waals surface area contributed by atoms with Crippen molar-refractivity contribution < 1.29 is 14.3 Å². The normalized spacial score (nSPS) is 16.1. The molecule has 7 heteroatoms.